The Bertz CT molecular complexity index is 729. The van der Waals surface area contributed by atoms with Gasteiger partial charge in [-0.05, 0) is 25.0 Å². The summed E-state index contributed by atoms with van der Waals surface area (Å²) in [4.78, 5) is 1.31. The fourth-order valence-corrected chi connectivity index (χ4v) is 5.44. The van der Waals surface area contributed by atoms with Crippen molar-refractivity contribution in [2.45, 2.75) is 50.3 Å². The summed E-state index contributed by atoms with van der Waals surface area (Å²) in [7, 11) is 1.90. The van der Waals surface area contributed by atoms with E-state index in [1.54, 1.807) is 16.0 Å². The molecule has 0 aliphatic carbocycles. The average molecular weight is 353 g/mol. The Morgan fingerprint density at radius 1 is 1.43 bits per heavy atom. The zero-order chi connectivity index (χ0) is 16.2. The molecule has 0 amide bonds. The molecule has 7 heteroatoms. The smallest absolute Gasteiger partial charge is 0.106 e. The van der Waals surface area contributed by atoms with Crippen molar-refractivity contribution in [2.75, 3.05) is 6.61 Å². The molecule has 0 radical (unpaired) electrons. The number of ether oxygens (including phenoxy) is 1. The van der Waals surface area contributed by atoms with Crippen molar-refractivity contribution in [3.05, 3.63) is 32.7 Å². The van der Waals surface area contributed by atoms with Crippen molar-refractivity contribution >= 4 is 22.9 Å². The maximum absolute atomic E-state index is 6.44. The summed E-state index contributed by atoms with van der Waals surface area (Å²) in [6.07, 6.45) is 3.81. The molecule has 0 saturated carbocycles. The Kier molecular flexibility index (Phi) is 3.76. The first kappa shape index (κ1) is 15.6. The summed E-state index contributed by atoms with van der Waals surface area (Å²) in [5.74, 6) is 0.402. The first-order chi connectivity index (χ1) is 11.0. The van der Waals surface area contributed by atoms with Crippen LogP contribution in [0.4, 0.5) is 0 Å². The van der Waals surface area contributed by atoms with Crippen molar-refractivity contribution in [1.82, 2.24) is 20.3 Å². The fourth-order valence-electron chi connectivity index (χ4n) is 3.92. The second-order valence-corrected chi connectivity index (χ2v) is 8.57. The van der Waals surface area contributed by atoms with Gasteiger partial charge in [0.25, 0.3) is 0 Å². The van der Waals surface area contributed by atoms with E-state index in [-0.39, 0.29) is 11.6 Å². The van der Waals surface area contributed by atoms with E-state index in [2.05, 4.69) is 35.5 Å². The highest BCUT2D eigenvalue weighted by Gasteiger charge is 2.47. The van der Waals surface area contributed by atoms with Crippen LogP contribution in [0, 0.1) is 0 Å². The van der Waals surface area contributed by atoms with Crippen LogP contribution in [0.25, 0.3) is 0 Å². The molecule has 2 aliphatic heterocycles. The van der Waals surface area contributed by atoms with Crippen LogP contribution in [0.3, 0.4) is 0 Å². The van der Waals surface area contributed by atoms with Gasteiger partial charge in [0.15, 0.2) is 0 Å². The number of aromatic nitrogens is 3. The lowest BCUT2D eigenvalue weighted by Gasteiger charge is -2.46. The number of piperidine rings is 1. The number of nitrogens with zero attached hydrogens (tertiary/aromatic N) is 3. The molecule has 2 aromatic heterocycles. The molecule has 4 heterocycles. The zero-order valence-electron chi connectivity index (χ0n) is 13.5. The Balaban J connectivity index is 1.74. The summed E-state index contributed by atoms with van der Waals surface area (Å²) in [6.45, 7) is 5.17. The largest absolute Gasteiger partial charge is 0.369 e. The van der Waals surface area contributed by atoms with Crippen molar-refractivity contribution in [1.29, 1.82) is 0 Å². The van der Waals surface area contributed by atoms with Gasteiger partial charge in [-0.15, -0.1) is 16.4 Å². The van der Waals surface area contributed by atoms with E-state index in [4.69, 9.17) is 16.3 Å². The monoisotopic (exact) mass is 352 g/mol. The van der Waals surface area contributed by atoms with Crippen molar-refractivity contribution in [3.8, 4) is 0 Å². The molecule has 5 nitrogen and oxygen atoms in total. The lowest BCUT2D eigenvalue weighted by atomic mass is 9.77. The Labute approximate surface area is 145 Å². The van der Waals surface area contributed by atoms with Gasteiger partial charge in [0.2, 0.25) is 0 Å². The molecule has 2 aromatic rings. The number of hydrogen-bond donors (Lipinski definition) is 1. The van der Waals surface area contributed by atoms with Crippen LogP contribution >= 0.6 is 22.9 Å². The fraction of sp³-hybridized carbons (Fsp3) is 0.625. The molecule has 2 aliphatic rings. The van der Waals surface area contributed by atoms with Crippen LogP contribution < -0.4 is 5.32 Å². The second kappa shape index (κ2) is 5.55. The molecule has 1 saturated heterocycles. The summed E-state index contributed by atoms with van der Waals surface area (Å²) >= 11 is 8.01. The molecule has 1 spiro atoms. The van der Waals surface area contributed by atoms with Crippen LogP contribution in [0.5, 0.6) is 0 Å². The molecular weight excluding hydrogens is 332 g/mol. The molecule has 23 heavy (non-hydrogen) atoms. The van der Waals surface area contributed by atoms with Crippen LogP contribution in [-0.2, 0) is 17.4 Å². The van der Waals surface area contributed by atoms with Gasteiger partial charge in [0.1, 0.15) is 5.60 Å². The lowest BCUT2D eigenvalue weighted by Crippen LogP contribution is -2.50. The van der Waals surface area contributed by atoms with Crippen molar-refractivity contribution in [2.24, 2.45) is 7.05 Å². The normalized spacial score (nSPS) is 33.8. The van der Waals surface area contributed by atoms with Gasteiger partial charge in [-0.2, -0.15) is 0 Å². The molecule has 1 N–H and O–H groups in total. The minimum absolute atomic E-state index is 0.148. The van der Waals surface area contributed by atoms with Gasteiger partial charge in [-0.3, -0.25) is 4.68 Å². The van der Waals surface area contributed by atoms with Crippen LogP contribution in [-0.4, -0.2) is 27.6 Å². The van der Waals surface area contributed by atoms with Crippen LogP contribution in [0.2, 0.25) is 4.34 Å². The third-order valence-corrected chi connectivity index (χ3v) is 6.38. The molecule has 0 bridgehead atoms. The first-order valence-electron chi connectivity index (χ1n) is 8.03. The van der Waals surface area contributed by atoms with Gasteiger partial charge in [0.05, 0.1) is 22.7 Å². The van der Waals surface area contributed by atoms with E-state index in [9.17, 15) is 0 Å². The van der Waals surface area contributed by atoms with E-state index in [0.717, 1.165) is 29.5 Å². The number of thiophene rings is 1. The Morgan fingerprint density at radius 2 is 2.26 bits per heavy atom. The van der Waals surface area contributed by atoms with Crippen LogP contribution in [0.15, 0.2) is 12.3 Å². The summed E-state index contributed by atoms with van der Waals surface area (Å²) in [6, 6.07) is 2.62. The maximum atomic E-state index is 6.44. The van der Waals surface area contributed by atoms with E-state index < -0.39 is 0 Å². The SMILES string of the molecule is CC1CO[C@@]2(C[C@@H](c3cn(C)nn3)N[C@@H](C)C2)c2sc(Cl)cc21. The molecule has 1 fully saturated rings. The van der Waals surface area contributed by atoms with Crippen molar-refractivity contribution in [3.63, 3.8) is 0 Å². The Hall–Kier alpha value is -0.950. The standard InChI is InChI=1S/C16H21ClN4OS/c1-9-8-22-16(15-11(9)4-14(17)23-15)5-10(2)18-12(6-16)13-7-21(3)20-19-13/h4,7,9-10,12,18H,5-6,8H2,1-3H3/t9?,10-,12-,16-/m0/s1. The third-order valence-electron chi connectivity index (χ3n) is 4.92. The molecular formula is C16H21ClN4OS. The molecule has 4 atom stereocenters. The van der Waals surface area contributed by atoms with Crippen molar-refractivity contribution < 1.29 is 4.74 Å². The first-order valence-corrected chi connectivity index (χ1v) is 9.22. The van der Waals surface area contributed by atoms with E-state index in [1.165, 1.54) is 10.4 Å². The predicted octanol–water partition coefficient (Wildman–Crippen LogP) is 3.37. The van der Waals surface area contributed by atoms with E-state index >= 15 is 0 Å². The topological polar surface area (TPSA) is 52.0 Å². The second-order valence-electron chi connectivity index (χ2n) is 6.89. The molecule has 0 aromatic carbocycles. The summed E-state index contributed by atoms with van der Waals surface area (Å²) < 4.78 is 9.05. The van der Waals surface area contributed by atoms with E-state index in [1.807, 2.05) is 13.2 Å². The minimum atomic E-state index is -0.257. The number of halogens is 1. The minimum Gasteiger partial charge on any atom is -0.369 e. The quantitative estimate of drug-likeness (QED) is 0.854. The zero-order valence-corrected chi connectivity index (χ0v) is 15.1. The number of aryl methyl sites for hydroxylation is 1. The summed E-state index contributed by atoms with van der Waals surface area (Å²) in [5.41, 5.74) is 2.08. The van der Waals surface area contributed by atoms with Gasteiger partial charge in [-0.1, -0.05) is 23.7 Å². The maximum Gasteiger partial charge on any atom is 0.106 e. The number of fused-ring (bicyclic) bond motifs is 2. The van der Waals surface area contributed by atoms with E-state index in [0.29, 0.717) is 12.0 Å². The van der Waals surface area contributed by atoms with Gasteiger partial charge < -0.3 is 10.1 Å². The number of rotatable bonds is 1. The highest BCUT2D eigenvalue weighted by molar-refractivity contribution is 7.16. The third kappa shape index (κ3) is 2.61. The number of nitrogens with one attached hydrogen (secondary N) is 1. The molecule has 4 rings (SSSR count). The average Bonchev–Trinajstić information content (AvgIpc) is 3.10. The molecule has 124 valence electrons. The van der Waals surface area contributed by atoms with Crippen LogP contribution in [0.1, 0.15) is 54.8 Å². The van der Waals surface area contributed by atoms with Gasteiger partial charge in [-0.25, -0.2) is 0 Å². The lowest BCUT2D eigenvalue weighted by molar-refractivity contribution is -0.102. The summed E-state index contributed by atoms with van der Waals surface area (Å²) in [5, 5.41) is 12.0. The van der Waals surface area contributed by atoms with Gasteiger partial charge in [0, 0.05) is 36.5 Å². The van der Waals surface area contributed by atoms with Gasteiger partial charge >= 0.3 is 0 Å². The Morgan fingerprint density at radius 3 is 3.00 bits per heavy atom. The highest BCUT2D eigenvalue weighted by atomic mass is 35.5. The highest BCUT2D eigenvalue weighted by Crippen LogP contribution is 2.52. The molecule has 1 unspecified atom stereocenters. The predicted molar refractivity (Wildman–Crippen MR) is 90.9 cm³/mol. The number of hydrogen-bond acceptors (Lipinski definition) is 5.